The molecule has 0 radical (unpaired) electrons. The molecule has 2 saturated carbocycles. The van der Waals surface area contributed by atoms with Gasteiger partial charge in [0.15, 0.2) is 0 Å². The third kappa shape index (κ3) is 2.98. The molecule has 0 spiro atoms. The molecule has 0 bridgehead atoms. The smallest absolute Gasteiger partial charge is 0.122 e. The number of hydrogen-bond acceptors (Lipinski definition) is 2. The van der Waals surface area contributed by atoms with Gasteiger partial charge in [-0.2, -0.15) is 0 Å². The molecule has 0 aromatic heterocycles. The number of fused-ring (bicyclic) bond motifs is 1. The van der Waals surface area contributed by atoms with Crippen molar-refractivity contribution >= 4 is 0 Å². The van der Waals surface area contributed by atoms with Gasteiger partial charge in [-0.3, -0.25) is 0 Å². The van der Waals surface area contributed by atoms with E-state index in [1.54, 1.807) is 7.11 Å². The zero-order chi connectivity index (χ0) is 17.4. The van der Waals surface area contributed by atoms with E-state index in [-0.39, 0.29) is 6.61 Å². The first kappa shape index (κ1) is 17.8. The lowest BCUT2D eigenvalue weighted by atomic mass is 9.47. The molecule has 1 aromatic carbocycles. The SMILES string of the molecule is COc1ccc(CO)cc1CC1(C)C(C)CCC2(C)CCCCC21. The molecule has 24 heavy (non-hydrogen) atoms. The van der Waals surface area contributed by atoms with Crippen LogP contribution in [-0.2, 0) is 13.0 Å². The normalized spacial score (nSPS) is 36.2. The van der Waals surface area contributed by atoms with Gasteiger partial charge in [-0.05, 0) is 78.0 Å². The number of benzene rings is 1. The summed E-state index contributed by atoms with van der Waals surface area (Å²) in [6.07, 6.45) is 9.35. The molecular formula is C22H34O2. The van der Waals surface area contributed by atoms with Gasteiger partial charge in [0.05, 0.1) is 13.7 Å². The van der Waals surface area contributed by atoms with Crippen LogP contribution in [0.5, 0.6) is 5.75 Å². The third-order valence-corrected chi connectivity index (χ3v) is 7.50. The minimum Gasteiger partial charge on any atom is -0.496 e. The van der Waals surface area contributed by atoms with E-state index >= 15 is 0 Å². The summed E-state index contributed by atoms with van der Waals surface area (Å²) in [6.45, 7) is 7.62. The van der Waals surface area contributed by atoms with Crippen molar-refractivity contribution in [1.29, 1.82) is 0 Å². The van der Waals surface area contributed by atoms with E-state index in [2.05, 4.69) is 26.8 Å². The van der Waals surface area contributed by atoms with Crippen molar-refractivity contribution in [3.63, 3.8) is 0 Å². The molecule has 4 unspecified atom stereocenters. The van der Waals surface area contributed by atoms with Crippen molar-refractivity contribution in [1.82, 2.24) is 0 Å². The van der Waals surface area contributed by atoms with Crippen molar-refractivity contribution in [3.05, 3.63) is 29.3 Å². The molecule has 2 aliphatic carbocycles. The molecule has 2 nitrogen and oxygen atoms in total. The molecule has 2 fully saturated rings. The van der Waals surface area contributed by atoms with Gasteiger partial charge in [0.25, 0.3) is 0 Å². The monoisotopic (exact) mass is 330 g/mol. The summed E-state index contributed by atoms with van der Waals surface area (Å²) in [6, 6.07) is 6.16. The van der Waals surface area contributed by atoms with Gasteiger partial charge in [-0.1, -0.05) is 39.7 Å². The molecule has 0 amide bonds. The van der Waals surface area contributed by atoms with E-state index in [0.717, 1.165) is 29.6 Å². The van der Waals surface area contributed by atoms with E-state index in [1.807, 2.05) is 12.1 Å². The Labute approximate surface area is 147 Å². The highest BCUT2D eigenvalue weighted by molar-refractivity contribution is 5.38. The summed E-state index contributed by atoms with van der Waals surface area (Å²) in [5.41, 5.74) is 3.09. The molecule has 0 aliphatic heterocycles. The largest absolute Gasteiger partial charge is 0.496 e. The Morgan fingerprint density at radius 1 is 1.17 bits per heavy atom. The quantitative estimate of drug-likeness (QED) is 0.805. The van der Waals surface area contributed by atoms with E-state index in [9.17, 15) is 5.11 Å². The van der Waals surface area contributed by atoms with Gasteiger partial charge in [0.2, 0.25) is 0 Å². The second-order valence-electron chi connectivity index (χ2n) is 8.88. The van der Waals surface area contributed by atoms with Gasteiger partial charge in [-0.15, -0.1) is 0 Å². The van der Waals surface area contributed by atoms with Gasteiger partial charge >= 0.3 is 0 Å². The fourth-order valence-corrected chi connectivity index (χ4v) is 5.82. The lowest BCUT2D eigenvalue weighted by molar-refractivity contribution is -0.0766. The molecular weight excluding hydrogens is 296 g/mol. The first-order valence-electron chi connectivity index (χ1n) is 9.69. The third-order valence-electron chi connectivity index (χ3n) is 7.50. The molecule has 1 N–H and O–H groups in total. The second kappa shape index (κ2) is 6.71. The van der Waals surface area contributed by atoms with Gasteiger partial charge in [-0.25, -0.2) is 0 Å². The van der Waals surface area contributed by atoms with Crippen LogP contribution in [0.4, 0.5) is 0 Å². The van der Waals surface area contributed by atoms with Crippen LogP contribution in [0, 0.1) is 22.7 Å². The standard InChI is InChI=1S/C22H34O2/c1-16-10-12-21(2)11-6-5-7-20(21)22(16,3)14-18-13-17(15-23)8-9-19(18)24-4/h8-9,13,16,20,23H,5-7,10-12,14-15H2,1-4H3. The molecule has 1 aromatic rings. The minimum absolute atomic E-state index is 0.102. The van der Waals surface area contributed by atoms with Crippen LogP contribution < -0.4 is 4.74 Å². The predicted molar refractivity (Wildman–Crippen MR) is 99.2 cm³/mol. The van der Waals surface area contributed by atoms with Gasteiger partial charge in [0.1, 0.15) is 5.75 Å². The fraction of sp³-hybridized carbons (Fsp3) is 0.727. The van der Waals surface area contributed by atoms with Crippen LogP contribution in [0.1, 0.15) is 70.4 Å². The lowest BCUT2D eigenvalue weighted by Gasteiger charge is -2.58. The summed E-state index contributed by atoms with van der Waals surface area (Å²) >= 11 is 0. The lowest BCUT2D eigenvalue weighted by Crippen LogP contribution is -2.50. The summed E-state index contributed by atoms with van der Waals surface area (Å²) in [4.78, 5) is 0. The maximum atomic E-state index is 9.54. The number of rotatable bonds is 4. The Morgan fingerprint density at radius 2 is 1.96 bits per heavy atom. The molecule has 4 atom stereocenters. The summed E-state index contributed by atoms with van der Waals surface area (Å²) in [5, 5.41) is 9.54. The second-order valence-corrected chi connectivity index (χ2v) is 8.88. The summed E-state index contributed by atoms with van der Waals surface area (Å²) in [5.74, 6) is 2.50. The average molecular weight is 331 g/mol. The minimum atomic E-state index is 0.102. The maximum Gasteiger partial charge on any atom is 0.122 e. The Bertz CT molecular complexity index is 581. The number of aliphatic hydroxyl groups excluding tert-OH is 1. The zero-order valence-corrected chi connectivity index (χ0v) is 15.9. The highest BCUT2D eigenvalue weighted by Crippen LogP contribution is 2.61. The first-order chi connectivity index (χ1) is 11.4. The summed E-state index contributed by atoms with van der Waals surface area (Å²) in [7, 11) is 1.76. The topological polar surface area (TPSA) is 29.5 Å². The van der Waals surface area contributed by atoms with E-state index in [1.165, 1.54) is 44.1 Å². The number of methoxy groups -OCH3 is 1. The van der Waals surface area contributed by atoms with Gasteiger partial charge < -0.3 is 9.84 Å². The van der Waals surface area contributed by atoms with Gasteiger partial charge in [0, 0.05) is 0 Å². The zero-order valence-electron chi connectivity index (χ0n) is 15.9. The highest BCUT2D eigenvalue weighted by Gasteiger charge is 2.52. The van der Waals surface area contributed by atoms with Crippen molar-refractivity contribution in [3.8, 4) is 5.75 Å². The Balaban J connectivity index is 1.96. The van der Waals surface area contributed by atoms with E-state index in [4.69, 9.17) is 4.74 Å². The number of ether oxygens (including phenoxy) is 1. The van der Waals surface area contributed by atoms with Crippen LogP contribution in [0.2, 0.25) is 0 Å². The number of aliphatic hydroxyl groups is 1. The Kier molecular flexibility index (Phi) is 4.97. The average Bonchev–Trinajstić information content (AvgIpc) is 2.58. The first-order valence-corrected chi connectivity index (χ1v) is 9.69. The van der Waals surface area contributed by atoms with Crippen LogP contribution in [0.25, 0.3) is 0 Å². The molecule has 0 saturated heterocycles. The molecule has 134 valence electrons. The van der Waals surface area contributed by atoms with Crippen LogP contribution in [0.3, 0.4) is 0 Å². The van der Waals surface area contributed by atoms with Crippen LogP contribution in [-0.4, -0.2) is 12.2 Å². The Morgan fingerprint density at radius 3 is 2.67 bits per heavy atom. The molecule has 0 heterocycles. The fourth-order valence-electron chi connectivity index (χ4n) is 5.82. The molecule has 2 heteroatoms. The molecule has 3 rings (SSSR count). The predicted octanol–water partition coefficient (Wildman–Crippen LogP) is 5.36. The van der Waals surface area contributed by atoms with Crippen molar-refractivity contribution in [2.24, 2.45) is 22.7 Å². The van der Waals surface area contributed by atoms with Crippen molar-refractivity contribution < 1.29 is 9.84 Å². The summed E-state index contributed by atoms with van der Waals surface area (Å²) < 4.78 is 5.65. The number of hydrogen-bond donors (Lipinski definition) is 1. The van der Waals surface area contributed by atoms with Crippen LogP contribution >= 0.6 is 0 Å². The molecule has 2 aliphatic rings. The highest BCUT2D eigenvalue weighted by atomic mass is 16.5. The van der Waals surface area contributed by atoms with Crippen LogP contribution in [0.15, 0.2) is 18.2 Å². The maximum absolute atomic E-state index is 9.54. The van der Waals surface area contributed by atoms with Crippen molar-refractivity contribution in [2.45, 2.75) is 72.3 Å². The van der Waals surface area contributed by atoms with Crippen molar-refractivity contribution in [2.75, 3.05) is 7.11 Å². The van der Waals surface area contributed by atoms with E-state index in [0.29, 0.717) is 10.8 Å². The van der Waals surface area contributed by atoms with E-state index < -0.39 is 0 Å². The Hall–Kier alpha value is -1.02.